The van der Waals surface area contributed by atoms with Crippen LogP contribution in [0.25, 0.3) is 0 Å². The zero-order valence-electron chi connectivity index (χ0n) is 10.7. The minimum Gasteiger partial charge on any atom is -0.377 e. The lowest BCUT2D eigenvalue weighted by atomic mass is 10.1. The highest BCUT2D eigenvalue weighted by Gasteiger charge is 2.48. The topological polar surface area (TPSA) is 64.3 Å². The number of para-hydroxylation sites is 1. The fourth-order valence-corrected chi connectivity index (χ4v) is 1.91. The molecule has 0 atom stereocenters. The van der Waals surface area contributed by atoms with Gasteiger partial charge in [0.1, 0.15) is 0 Å². The van der Waals surface area contributed by atoms with E-state index in [2.05, 4.69) is 5.32 Å². The molecule has 3 N–H and O–H groups in total. The third kappa shape index (κ3) is 2.71. The zero-order chi connectivity index (χ0) is 13.0. The van der Waals surface area contributed by atoms with Crippen LogP contribution in [0.5, 0.6) is 0 Å². The predicted octanol–water partition coefficient (Wildman–Crippen LogP) is 1.90. The molecule has 1 aliphatic carbocycles. The highest BCUT2D eigenvalue weighted by atomic mass is 16.5. The molecule has 1 aliphatic rings. The third-order valence-corrected chi connectivity index (χ3v) is 3.45. The molecule has 1 amide bonds. The van der Waals surface area contributed by atoms with E-state index in [1.807, 2.05) is 31.2 Å². The molecular formula is C14H20N2O2. The van der Waals surface area contributed by atoms with Crippen molar-refractivity contribution in [2.24, 2.45) is 11.1 Å². The van der Waals surface area contributed by atoms with Gasteiger partial charge in [0.25, 0.3) is 0 Å². The number of hydrogen-bond acceptors (Lipinski definition) is 3. The number of carbonyl (C=O) groups is 1. The fourth-order valence-electron chi connectivity index (χ4n) is 1.91. The summed E-state index contributed by atoms with van der Waals surface area (Å²) in [5, 5.41) is 2.97. The minimum atomic E-state index is -0.321. The number of amides is 1. The maximum absolute atomic E-state index is 12.1. The van der Waals surface area contributed by atoms with Gasteiger partial charge < -0.3 is 15.8 Å². The van der Waals surface area contributed by atoms with Gasteiger partial charge in [-0.05, 0) is 25.8 Å². The van der Waals surface area contributed by atoms with Gasteiger partial charge in [-0.25, -0.2) is 0 Å². The number of rotatable bonds is 6. The Labute approximate surface area is 108 Å². The van der Waals surface area contributed by atoms with Crippen molar-refractivity contribution in [2.75, 3.05) is 18.5 Å². The number of anilines is 1. The van der Waals surface area contributed by atoms with Crippen LogP contribution in [0, 0.1) is 5.41 Å². The van der Waals surface area contributed by atoms with E-state index >= 15 is 0 Å². The Morgan fingerprint density at radius 2 is 2.17 bits per heavy atom. The number of ether oxygens (including phenoxy) is 1. The summed E-state index contributed by atoms with van der Waals surface area (Å²) < 4.78 is 5.39. The molecular weight excluding hydrogens is 228 g/mol. The number of carbonyl (C=O) groups excluding carboxylic acids is 1. The molecule has 0 radical (unpaired) electrons. The highest BCUT2D eigenvalue weighted by Crippen LogP contribution is 2.45. The Hall–Kier alpha value is -1.39. The van der Waals surface area contributed by atoms with E-state index in [4.69, 9.17) is 10.5 Å². The Balaban J connectivity index is 2.06. The summed E-state index contributed by atoms with van der Waals surface area (Å²) in [5.41, 5.74) is 7.17. The smallest absolute Gasteiger partial charge is 0.231 e. The minimum absolute atomic E-state index is 0.0361. The summed E-state index contributed by atoms with van der Waals surface area (Å²) in [6.45, 7) is 3.55. The van der Waals surface area contributed by atoms with Gasteiger partial charge in [-0.2, -0.15) is 0 Å². The van der Waals surface area contributed by atoms with E-state index in [9.17, 15) is 4.79 Å². The normalized spacial score (nSPS) is 16.3. The molecule has 0 unspecified atom stereocenters. The van der Waals surface area contributed by atoms with E-state index in [1.54, 1.807) is 0 Å². The van der Waals surface area contributed by atoms with Crippen LogP contribution < -0.4 is 11.1 Å². The molecule has 4 nitrogen and oxygen atoms in total. The lowest BCUT2D eigenvalue weighted by Crippen LogP contribution is -2.31. The molecule has 4 heteroatoms. The summed E-state index contributed by atoms with van der Waals surface area (Å²) >= 11 is 0. The van der Waals surface area contributed by atoms with Crippen LogP contribution in [0.3, 0.4) is 0 Å². The quantitative estimate of drug-likeness (QED) is 0.808. The lowest BCUT2D eigenvalue weighted by Gasteiger charge is -2.15. The van der Waals surface area contributed by atoms with Crippen molar-refractivity contribution in [1.82, 2.24) is 0 Å². The monoisotopic (exact) mass is 248 g/mol. The predicted molar refractivity (Wildman–Crippen MR) is 71.1 cm³/mol. The Morgan fingerprint density at radius 1 is 1.44 bits per heavy atom. The highest BCUT2D eigenvalue weighted by molar-refractivity contribution is 5.97. The van der Waals surface area contributed by atoms with E-state index in [-0.39, 0.29) is 11.3 Å². The molecule has 1 aromatic rings. The largest absolute Gasteiger partial charge is 0.377 e. The van der Waals surface area contributed by atoms with Crippen molar-refractivity contribution in [3.63, 3.8) is 0 Å². The molecule has 0 aliphatic heterocycles. The van der Waals surface area contributed by atoms with Crippen LogP contribution in [0.2, 0.25) is 0 Å². The maximum atomic E-state index is 12.1. The van der Waals surface area contributed by atoms with E-state index in [0.29, 0.717) is 19.8 Å². The average Bonchev–Trinajstić information content (AvgIpc) is 3.19. The van der Waals surface area contributed by atoms with Crippen molar-refractivity contribution in [3.05, 3.63) is 29.8 Å². The number of hydrogen-bond donors (Lipinski definition) is 2. The lowest BCUT2D eigenvalue weighted by molar-refractivity contribution is -0.120. The molecule has 0 heterocycles. The van der Waals surface area contributed by atoms with Gasteiger partial charge in [0, 0.05) is 24.4 Å². The molecule has 0 aromatic heterocycles. The molecule has 0 saturated heterocycles. The van der Waals surface area contributed by atoms with E-state index < -0.39 is 0 Å². The summed E-state index contributed by atoms with van der Waals surface area (Å²) in [6.07, 6.45) is 1.78. The molecule has 98 valence electrons. The van der Waals surface area contributed by atoms with Crippen LogP contribution in [0.1, 0.15) is 25.3 Å². The fraction of sp³-hybridized carbons (Fsp3) is 0.500. The Kier molecular flexibility index (Phi) is 3.99. The second-order valence-corrected chi connectivity index (χ2v) is 4.73. The Morgan fingerprint density at radius 3 is 2.78 bits per heavy atom. The standard InChI is InChI=1S/C14H20N2O2/c1-2-18-9-11-5-3-4-6-12(11)16-13(17)14(10-15)7-8-14/h3-6H,2,7-10,15H2,1H3,(H,16,17). The van der Waals surface area contributed by atoms with Gasteiger partial charge in [-0.3, -0.25) is 4.79 Å². The van der Waals surface area contributed by atoms with E-state index in [1.165, 1.54) is 0 Å². The molecule has 1 fully saturated rings. The number of benzene rings is 1. The van der Waals surface area contributed by atoms with Crippen LogP contribution in [-0.4, -0.2) is 19.1 Å². The summed E-state index contributed by atoms with van der Waals surface area (Å²) in [7, 11) is 0. The van der Waals surface area contributed by atoms with Crippen molar-refractivity contribution in [1.29, 1.82) is 0 Å². The van der Waals surface area contributed by atoms with Crippen LogP contribution >= 0.6 is 0 Å². The Bertz CT molecular complexity index is 428. The first-order chi connectivity index (χ1) is 8.72. The molecule has 2 rings (SSSR count). The van der Waals surface area contributed by atoms with Gasteiger partial charge in [-0.1, -0.05) is 18.2 Å². The van der Waals surface area contributed by atoms with Crippen LogP contribution in [0.4, 0.5) is 5.69 Å². The summed E-state index contributed by atoms with van der Waals surface area (Å²) in [5.74, 6) is 0.0361. The van der Waals surface area contributed by atoms with Crippen LogP contribution in [-0.2, 0) is 16.1 Å². The second-order valence-electron chi connectivity index (χ2n) is 4.73. The summed E-state index contributed by atoms with van der Waals surface area (Å²) in [4.78, 5) is 12.1. The van der Waals surface area contributed by atoms with Gasteiger partial charge in [0.15, 0.2) is 0 Å². The summed E-state index contributed by atoms with van der Waals surface area (Å²) in [6, 6.07) is 7.72. The van der Waals surface area contributed by atoms with E-state index in [0.717, 1.165) is 24.1 Å². The molecule has 1 aromatic carbocycles. The van der Waals surface area contributed by atoms with Gasteiger partial charge >= 0.3 is 0 Å². The van der Waals surface area contributed by atoms with Crippen molar-refractivity contribution in [3.8, 4) is 0 Å². The molecule has 18 heavy (non-hydrogen) atoms. The van der Waals surface area contributed by atoms with Crippen molar-refractivity contribution < 1.29 is 9.53 Å². The van der Waals surface area contributed by atoms with Crippen molar-refractivity contribution in [2.45, 2.75) is 26.4 Å². The zero-order valence-corrected chi connectivity index (χ0v) is 10.7. The first kappa shape index (κ1) is 13.1. The maximum Gasteiger partial charge on any atom is 0.231 e. The van der Waals surface area contributed by atoms with Crippen molar-refractivity contribution >= 4 is 11.6 Å². The van der Waals surface area contributed by atoms with Gasteiger partial charge in [0.05, 0.1) is 12.0 Å². The number of nitrogens with two attached hydrogens (primary N) is 1. The van der Waals surface area contributed by atoms with Gasteiger partial charge in [0.2, 0.25) is 5.91 Å². The second kappa shape index (κ2) is 5.50. The average molecular weight is 248 g/mol. The molecule has 0 bridgehead atoms. The van der Waals surface area contributed by atoms with Crippen LogP contribution in [0.15, 0.2) is 24.3 Å². The molecule has 0 spiro atoms. The molecule has 1 saturated carbocycles. The first-order valence-electron chi connectivity index (χ1n) is 6.39. The third-order valence-electron chi connectivity index (χ3n) is 3.45. The number of nitrogens with one attached hydrogen (secondary N) is 1. The SMILES string of the molecule is CCOCc1ccccc1NC(=O)C1(CN)CC1. The van der Waals surface area contributed by atoms with Gasteiger partial charge in [-0.15, -0.1) is 0 Å². The first-order valence-corrected chi connectivity index (χ1v) is 6.39.